The molecule has 8 nitrogen and oxygen atoms in total. The number of carbonyl (C=O) groups is 1. The van der Waals surface area contributed by atoms with Crippen LogP contribution in [-0.4, -0.2) is 45.9 Å². The third kappa shape index (κ3) is 4.38. The summed E-state index contributed by atoms with van der Waals surface area (Å²) in [6.45, 7) is 2.35. The molecule has 9 heteroatoms. The van der Waals surface area contributed by atoms with Crippen molar-refractivity contribution >= 4 is 21.6 Å². The lowest BCUT2D eigenvalue weighted by atomic mass is 10.2. The second-order valence-corrected chi connectivity index (χ2v) is 7.52. The maximum absolute atomic E-state index is 12.4. The minimum absolute atomic E-state index is 0.156. The molecule has 0 atom stereocenters. The Balaban J connectivity index is 2.15. The summed E-state index contributed by atoms with van der Waals surface area (Å²) in [5.74, 6) is 0.403. The van der Waals surface area contributed by atoms with Crippen LogP contribution in [0.5, 0.6) is 5.75 Å². The van der Waals surface area contributed by atoms with E-state index in [9.17, 15) is 13.2 Å². The molecule has 0 aliphatic heterocycles. The molecule has 3 N–H and O–H groups in total. The van der Waals surface area contributed by atoms with E-state index in [0.29, 0.717) is 24.6 Å². The molecule has 2 rings (SSSR count). The van der Waals surface area contributed by atoms with Crippen molar-refractivity contribution in [2.24, 2.45) is 5.73 Å². The molecule has 1 heterocycles. The predicted octanol–water partition coefficient (Wildman–Crippen LogP) is 1.43. The van der Waals surface area contributed by atoms with E-state index in [1.807, 2.05) is 0 Å². The number of hydrogen-bond donors (Lipinski definition) is 2. The van der Waals surface area contributed by atoms with Gasteiger partial charge in [0, 0.05) is 32.4 Å². The molecule has 1 amide bonds. The minimum atomic E-state index is -3.74. The summed E-state index contributed by atoms with van der Waals surface area (Å²) in [6, 6.07) is 7.98. The van der Waals surface area contributed by atoms with E-state index in [0.717, 1.165) is 4.31 Å². The molecule has 136 valence electrons. The lowest BCUT2D eigenvalue weighted by Crippen LogP contribution is -2.21. The standard InChI is InChI=1S/C16H21N3O5S/c1-11-14(10-15(24-11)25(21,22)19(2)3)16(20)18-12-4-6-13(7-5-12)23-9-8-17/h4-7,10H,8-9,17H2,1-3H3,(H,18,20). The number of nitrogens with zero attached hydrogens (tertiary/aromatic N) is 1. The molecule has 1 aromatic heterocycles. The average Bonchev–Trinajstić information content (AvgIpc) is 2.96. The number of anilines is 1. The summed E-state index contributed by atoms with van der Waals surface area (Å²) in [6.07, 6.45) is 0. The van der Waals surface area contributed by atoms with E-state index in [1.165, 1.54) is 27.1 Å². The lowest BCUT2D eigenvalue weighted by Gasteiger charge is -2.07. The van der Waals surface area contributed by atoms with Gasteiger partial charge in [-0.2, -0.15) is 0 Å². The van der Waals surface area contributed by atoms with Gasteiger partial charge in [-0.15, -0.1) is 0 Å². The largest absolute Gasteiger partial charge is 0.492 e. The van der Waals surface area contributed by atoms with Crippen molar-refractivity contribution in [2.45, 2.75) is 12.0 Å². The van der Waals surface area contributed by atoms with Crippen LogP contribution >= 0.6 is 0 Å². The zero-order chi connectivity index (χ0) is 18.6. The Labute approximate surface area is 146 Å². The van der Waals surface area contributed by atoms with E-state index in [2.05, 4.69) is 5.32 Å². The van der Waals surface area contributed by atoms with Crippen LogP contribution in [0.3, 0.4) is 0 Å². The van der Waals surface area contributed by atoms with Crippen molar-refractivity contribution in [1.29, 1.82) is 0 Å². The Morgan fingerprint density at radius 3 is 2.48 bits per heavy atom. The fourth-order valence-corrected chi connectivity index (χ4v) is 2.85. The van der Waals surface area contributed by atoms with E-state index < -0.39 is 15.9 Å². The summed E-state index contributed by atoms with van der Waals surface area (Å²) < 4.78 is 35.8. The molecule has 0 spiro atoms. The topological polar surface area (TPSA) is 115 Å². The maximum Gasteiger partial charge on any atom is 0.275 e. The van der Waals surface area contributed by atoms with Gasteiger partial charge >= 0.3 is 0 Å². The van der Waals surface area contributed by atoms with Gasteiger partial charge < -0.3 is 20.2 Å². The smallest absolute Gasteiger partial charge is 0.275 e. The van der Waals surface area contributed by atoms with Crippen molar-refractivity contribution in [3.05, 3.63) is 41.7 Å². The molecular formula is C16H21N3O5S. The number of nitrogens with two attached hydrogens (primary N) is 1. The number of amides is 1. The molecule has 0 aliphatic carbocycles. The van der Waals surface area contributed by atoms with E-state index >= 15 is 0 Å². The molecule has 0 bridgehead atoms. The first kappa shape index (κ1) is 19.0. The highest BCUT2D eigenvalue weighted by Crippen LogP contribution is 2.23. The van der Waals surface area contributed by atoms with Crippen LogP contribution < -0.4 is 15.8 Å². The predicted molar refractivity (Wildman–Crippen MR) is 93.3 cm³/mol. The number of nitrogens with one attached hydrogen (secondary N) is 1. The van der Waals surface area contributed by atoms with Crippen LogP contribution in [-0.2, 0) is 10.0 Å². The second kappa shape index (κ2) is 7.68. The normalized spacial score (nSPS) is 11.6. The first-order chi connectivity index (χ1) is 11.8. The van der Waals surface area contributed by atoms with Gasteiger partial charge in [-0.05, 0) is 31.2 Å². The maximum atomic E-state index is 12.4. The summed E-state index contributed by atoms with van der Waals surface area (Å²) in [7, 11) is -0.959. The minimum Gasteiger partial charge on any atom is -0.492 e. The molecule has 0 saturated heterocycles. The first-order valence-corrected chi connectivity index (χ1v) is 8.97. The fourth-order valence-electron chi connectivity index (χ4n) is 2.00. The van der Waals surface area contributed by atoms with Gasteiger partial charge in [-0.3, -0.25) is 4.79 Å². The molecule has 0 unspecified atom stereocenters. The van der Waals surface area contributed by atoms with Gasteiger partial charge in [0.2, 0.25) is 5.09 Å². The fraction of sp³-hybridized carbons (Fsp3) is 0.312. The highest BCUT2D eigenvalue weighted by atomic mass is 32.2. The van der Waals surface area contributed by atoms with Crippen molar-refractivity contribution in [1.82, 2.24) is 4.31 Å². The first-order valence-electron chi connectivity index (χ1n) is 7.53. The summed E-state index contributed by atoms with van der Waals surface area (Å²) in [5, 5.41) is 2.42. The number of rotatable bonds is 7. The molecule has 25 heavy (non-hydrogen) atoms. The molecule has 0 saturated carbocycles. The number of hydrogen-bond acceptors (Lipinski definition) is 6. The van der Waals surface area contributed by atoms with Crippen LogP contribution in [0.2, 0.25) is 0 Å². The zero-order valence-electron chi connectivity index (χ0n) is 14.3. The van der Waals surface area contributed by atoms with Crippen LogP contribution in [0.4, 0.5) is 5.69 Å². The van der Waals surface area contributed by atoms with E-state index in [1.54, 1.807) is 24.3 Å². The average molecular weight is 367 g/mol. The summed E-state index contributed by atoms with van der Waals surface area (Å²) >= 11 is 0. The molecule has 0 fully saturated rings. The SMILES string of the molecule is Cc1oc(S(=O)(=O)N(C)C)cc1C(=O)Nc1ccc(OCCN)cc1. The quantitative estimate of drug-likeness (QED) is 0.765. The number of sulfonamides is 1. The Kier molecular flexibility index (Phi) is 5.83. The van der Waals surface area contributed by atoms with Crippen molar-refractivity contribution in [3.8, 4) is 5.75 Å². The Hall–Kier alpha value is -2.36. The van der Waals surface area contributed by atoms with Crippen molar-refractivity contribution in [3.63, 3.8) is 0 Å². The second-order valence-electron chi connectivity index (χ2n) is 5.44. The Morgan fingerprint density at radius 2 is 1.92 bits per heavy atom. The van der Waals surface area contributed by atoms with Crippen LogP contribution in [0.15, 0.2) is 39.8 Å². The number of carbonyl (C=O) groups excluding carboxylic acids is 1. The number of furan rings is 1. The third-order valence-electron chi connectivity index (χ3n) is 3.37. The van der Waals surface area contributed by atoms with Crippen molar-refractivity contribution < 1.29 is 22.4 Å². The Morgan fingerprint density at radius 1 is 1.28 bits per heavy atom. The van der Waals surface area contributed by atoms with Crippen LogP contribution in [0, 0.1) is 6.92 Å². The van der Waals surface area contributed by atoms with Gasteiger partial charge in [0.1, 0.15) is 18.1 Å². The molecule has 0 aliphatic rings. The van der Waals surface area contributed by atoms with Crippen LogP contribution in [0.25, 0.3) is 0 Å². The molecule has 1 aromatic carbocycles. The number of benzene rings is 1. The van der Waals surface area contributed by atoms with Crippen LogP contribution in [0.1, 0.15) is 16.1 Å². The molecular weight excluding hydrogens is 346 g/mol. The molecule has 2 aromatic rings. The molecule has 0 radical (unpaired) electrons. The van der Waals surface area contributed by atoms with Gasteiger partial charge in [0.15, 0.2) is 0 Å². The van der Waals surface area contributed by atoms with Gasteiger partial charge in [-0.25, -0.2) is 12.7 Å². The number of ether oxygens (including phenoxy) is 1. The van der Waals surface area contributed by atoms with E-state index in [4.69, 9.17) is 14.9 Å². The highest BCUT2D eigenvalue weighted by Gasteiger charge is 2.25. The number of aryl methyl sites for hydroxylation is 1. The van der Waals surface area contributed by atoms with Gasteiger partial charge in [-0.1, -0.05) is 0 Å². The third-order valence-corrected chi connectivity index (χ3v) is 5.04. The highest BCUT2D eigenvalue weighted by molar-refractivity contribution is 7.88. The monoisotopic (exact) mass is 367 g/mol. The van der Waals surface area contributed by atoms with Crippen molar-refractivity contribution in [2.75, 3.05) is 32.6 Å². The summed E-state index contributed by atoms with van der Waals surface area (Å²) in [5.41, 5.74) is 6.07. The Bertz CT molecular complexity index is 841. The van der Waals surface area contributed by atoms with Gasteiger partial charge in [0.05, 0.1) is 5.56 Å². The summed E-state index contributed by atoms with van der Waals surface area (Å²) in [4.78, 5) is 12.4. The van der Waals surface area contributed by atoms with E-state index in [-0.39, 0.29) is 16.4 Å². The zero-order valence-corrected chi connectivity index (χ0v) is 15.1. The lowest BCUT2D eigenvalue weighted by molar-refractivity contribution is 0.102. The van der Waals surface area contributed by atoms with Gasteiger partial charge in [0.25, 0.3) is 15.9 Å².